The number of unbranched alkanes of at least 4 members (excludes halogenated alkanes) is 1. The van der Waals surface area contributed by atoms with Gasteiger partial charge in [-0.15, -0.1) is 0 Å². The van der Waals surface area contributed by atoms with Crippen molar-refractivity contribution in [2.24, 2.45) is 0 Å². The van der Waals surface area contributed by atoms with Crippen molar-refractivity contribution in [1.82, 2.24) is 4.98 Å². The van der Waals surface area contributed by atoms with Crippen molar-refractivity contribution in [2.45, 2.75) is 45.3 Å². The maximum absolute atomic E-state index is 14.0. The molecule has 3 aromatic carbocycles. The number of hydrogen-bond donors (Lipinski definition) is 1. The lowest BCUT2D eigenvalue weighted by Gasteiger charge is -2.24. The van der Waals surface area contributed by atoms with Crippen molar-refractivity contribution in [3.05, 3.63) is 82.7 Å². The van der Waals surface area contributed by atoms with E-state index in [0.717, 1.165) is 35.5 Å². The largest absolute Gasteiger partial charge is 0.507 e. The number of thiazole rings is 1. The second-order valence-electron chi connectivity index (χ2n) is 10.3. The quantitative estimate of drug-likeness (QED) is 0.108. The summed E-state index contributed by atoms with van der Waals surface area (Å²) in [6, 6.07) is 13.5. The van der Waals surface area contributed by atoms with Crippen LogP contribution in [0, 0.1) is 5.82 Å². The van der Waals surface area contributed by atoms with Gasteiger partial charge in [0.1, 0.15) is 23.4 Å². The van der Waals surface area contributed by atoms with Gasteiger partial charge in [-0.05, 0) is 73.0 Å². The number of carbonyl (C=O) groups excluding carboxylic acids is 2. The predicted molar refractivity (Wildman–Crippen MR) is 158 cm³/mol. The van der Waals surface area contributed by atoms with Crippen LogP contribution in [-0.2, 0) is 16.0 Å². The van der Waals surface area contributed by atoms with E-state index in [9.17, 15) is 19.1 Å². The number of rotatable bonds is 8. The summed E-state index contributed by atoms with van der Waals surface area (Å²) in [6.45, 7) is 4.53. The van der Waals surface area contributed by atoms with Gasteiger partial charge in [0.25, 0.3) is 5.78 Å². The average molecular weight is 589 g/mol. The molecular formula is C32H29FN2O6S. The van der Waals surface area contributed by atoms with Gasteiger partial charge in [0.05, 0.1) is 35.5 Å². The van der Waals surface area contributed by atoms with E-state index in [4.69, 9.17) is 14.2 Å². The van der Waals surface area contributed by atoms with E-state index in [1.54, 1.807) is 36.4 Å². The molecule has 4 aromatic rings. The monoisotopic (exact) mass is 588 g/mol. The standard InChI is InChI=1S/C32H29FN2O6S/c1-4-5-12-40-24-11-6-18(15-25(24)39-3)28-27(29(36)19-7-10-23-20(14-19)13-17(2)41-23)30(37)31(38)35(28)32-34-22-9-8-21(33)16-26(22)42-32/h6-11,14-17,28,36H,4-5,12-13H2,1-3H3/t17-,28+/m1/s1. The van der Waals surface area contributed by atoms with Crippen molar-refractivity contribution in [1.29, 1.82) is 0 Å². The van der Waals surface area contributed by atoms with E-state index in [1.807, 2.05) is 6.92 Å². The number of carbonyl (C=O) groups is 2. The number of halogens is 1. The zero-order valence-electron chi connectivity index (χ0n) is 23.3. The van der Waals surface area contributed by atoms with Gasteiger partial charge in [0.15, 0.2) is 16.6 Å². The molecule has 2 aliphatic heterocycles. The maximum Gasteiger partial charge on any atom is 0.301 e. The number of aromatic nitrogens is 1. The molecule has 2 aliphatic rings. The number of aliphatic hydroxyl groups is 1. The van der Waals surface area contributed by atoms with Crippen LogP contribution in [0.5, 0.6) is 17.2 Å². The SMILES string of the molecule is CCCCOc1ccc([C@H]2C(=C(O)c3ccc4c(c3)C[C@@H](C)O4)C(=O)C(=O)N2c2nc3ccc(F)cc3s2)cc1OC. The lowest BCUT2D eigenvalue weighted by Crippen LogP contribution is -2.29. The number of ether oxygens (including phenoxy) is 3. The topological polar surface area (TPSA) is 98.2 Å². The molecule has 1 aromatic heterocycles. The number of fused-ring (bicyclic) bond motifs is 2. The fourth-order valence-electron chi connectivity index (χ4n) is 5.36. The second-order valence-corrected chi connectivity index (χ2v) is 11.4. The Labute approximate surface area is 246 Å². The van der Waals surface area contributed by atoms with Crippen LogP contribution in [0.15, 0.2) is 60.2 Å². The molecular weight excluding hydrogens is 559 g/mol. The van der Waals surface area contributed by atoms with Crippen LogP contribution in [0.2, 0.25) is 0 Å². The summed E-state index contributed by atoms with van der Waals surface area (Å²) in [5.41, 5.74) is 2.22. The molecule has 10 heteroatoms. The Morgan fingerprint density at radius 3 is 2.76 bits per heavy atom. The summed E-state index contributed by atoms with van der Waals surface area (Å²) in [5.74, 6) is -0.774. The van der Waals surface area contributed by atoms with E-state index in [0.29, 0.717) is 45.9 Å². The lowest BCUT2D eigenvalue weighted by molar-refractivity contribution is -0.132. The van der Waals surface area contributed by atoms with Crippen LogP contribution >= 0.6 is 11.3 Å². The van der Waals surface area contributed by atoms with Crippen LogP contribution in [0.3, 0.4) is 0 Å². The number of hydrogen-bond acceptors (Lipinski definition) is 8. The van der Waals surface area contributed by atoms with Crippen molar-refractivity contribution >= 4 is 44.1 Å². The number of anilines is 1. The Bertz CT molecular complexity index is 1750. The lowest BCUT2D eigenvalue weighted by atomic mass is 9.94. The maximum atomic E-state index is 14.0. The van der Waals surface area contributed by atoms with Gasteiger partial charge in [-0.25, -0.2) is 9.37 Å². The molecule has 1 N–H and O–H groups in total. The van der Waals surface area contributed by atoms with Gasteiger partial charge in [-0.3, -0.25) is 14.5 Å². The molecule has 0 radical (unpaired) electrons. The van der Waals surface area contributed by atoms with Gasteiger partial charge in [-0.2, -0.15) is 0 Å². The smallest absolute Gasteiger partial charge is 0.301 e. The molecule has 8 nitrogen and oxygen atoms in total. The molecule has 1 fully saturated rings. The van der Waals surface area contributed by atoms with Crippen LogP contribution in [0.1, 0.15) is 49.4 Å². The minimum absolute atomic E-state index is 0.00243. The molecule has 1 amide bonds. The van der Waals surface area contributed by atoms with Crippen molar-refractivity contribution in [3.8, 4) is 17.2 Å². The third-order valence-corrected chi connectivity index (χ3v) is 8.44. The summed E-state index contributed by atoms with van der Waals surface area (Å²) in [7, 11) is 1.51. The zero-order valence-corrected chi connectivity index (χ0v) is 24.2. The summed E-state index contributed by atoms with van der Waals surface area (Å²) in [6.07, 6.45) is 2.49. The number of Topliss-reactive ketones (excluding diaryl/α,β-unsaturated/α-hetero) is 1. The first-order chi connectivity index (χ1) is 20.3. The predicted octanol–water partition coefficient (Wildman–Crippen LogP) is 6.57. The summed E-state index contributed by atoms with van der Waals surface area (Å²) in [4.78, 5) is 33.1. The summed E-state index contributed by atoms with van der Waals surface area (Å²) in [5, 5.41) is 11.8. The fourth-order valence-corrected chi connectivity index (χ4v) is 6.38. The van der Waals surface area contributed by atoms with Gasteiger partial charge < -0.3 is 19.3 Å². The molecule has 2 atom stereocenters. The second kappa shape index (κ2) is 11.1. The molecule has 0 saturated carbocycles. The van der Waals surface area contributed by atoms with Crippen molar-refractivity contribution in [2.75, 3.05) is 18.6 Å². The number of amides is 1. The Morgan fingerprint density at radius 2 is 1.98 bits per heavy atom. The number of benzene rings is 3. The first kappa shape index (κ1) is 27.7. The van der Waals surface area contributed by atoms with E-state index in [-0.39, 0.29) is 22.6 Å². The van der Waals surface area contributed by atoms with Crippen LogP contribution in [0.4, 0.5) is 9.52 Å². The highest BCUT2D eigenvalue weighted by atomic mass is 32.1. The highest BCUT2D eigenvalue weighted by Crippen LogP contribution is 2.46. The highest BCUT2D eigenvalue weighted by Gasteiger charge is 2.48. The van der Waals surface area contributed by atoms with E-state index in [2.05, 4.69) is 11.9 Å². The average Bonchev–Trinajstić information content (AvgIpc) is 3.64. The van der Waals surface area contributed by atoms with E-state index >= 15 is 0 Å². The van der Waals surface area contributed by atoms with Crippen molar-refractivity contribution < 1.29 is 33.3 Å². The fraction of sp³-hybridized carbons (Fsp3) is 0.281. The summed E-state index contributed by atoms with van der Waals surface area (Å²) >= 11 is 1.09. The van der Waals surface area contributed by atoms with Crippen LogP contribution < -0.4 is 19.1 Å². The van der Waals surface area contributed by atoms with Gasteiger partial charge in [0, 0.05) is 12.0 Å². The molecule has 216 valence electrons. The highest BCUT2D eigenvalue weighted by molar-refractivity contribution is 7.22. The normalized spacial score (nSPS) is 19.3. The Hall–Kier alpha value is -4.44. The van der Waals surface area contributed by atoms with Gasteiger partial charge >= 0.3 is 5.91 Å². The molecule has 0 spiro atoms. The third-order valence-electron chi connectivity index (χ3n) is 7.42. The molecule has 42 heavy (non-hydrogen) atoms. The molecule has 1 saturated heterocycles. The molecule has 0 unspecified atom stereocenters. The summed E-state index contributed by atoms with van der Waals surface area (Å²) < 4.78 is 31.8. The first-order valence-electron chi connectivity index (χ1n) is 13.8. The Kier molecular flexibility index (Phi) is 7.32. The minimum atomic E-state index is -1.03. The minimum Gasteiger partial charge on any atom is -0.507 e. The van der Waals surface area contributed by atoms with Gasteiger partial charge in [0.2, 0.25) is 0 Å². The van der Waals surface area contributed by atoms with Gasteiger partial charge in [-0.1, -0.05) is 30.7 Å². The zero-order chi connectivity index (χ0) is 29.5. The Balaban J connectivity index is 1.51. The molecule has 6 rings (SSSR count). The third kappa shape index (κ3) is 4.85. The van der Waals surface area contributed by atoms with Crippen LogP contribution in [0.25, 0.3) is 16.0 Å². The number of aliphatic hydroxyl groups excluding tert-OH is 1. The molecule has 0 bridgehead atoms. The molecule has 0 aliphatic carbocycles. The Morgan fingerprint density at radius 1 is 1.14 bits per heavy atom. The van der Waals surface area contributed by atoms with Crippen LogP contribution in [-0.4, -0.2) is 41.6 Å². The first-order valence-corrected chi connectivity index (χ1v) is 14.6. The number of ketones is 1. The number of methoxy groups -OCH3 is 1. The molecule has 3 heterocycles. The number of nitrogens with zero attached hydrogens (tertiary/aromatic N) is 2. The van der Waals surface area contributed by atoms with Crippen molar-refractivity contribution in [3.63, 3.8) is 0 Å². The van der Waals surface area contributed by atoms with E-state index < -0.39 is 23.5 Å². The van der Waals surface area contributed by atoms with E-state index in [1.165, 1.54) is 30.2 Å².